The van der Waals surface area contributed by atoms with Crippen LogP contribution in [0.25, 0.3) is 6.08 Å². The van der Waals surface area contributed by atoms with Crippen molar-refractivity contribution >= 4 is 45.2 Å². The SMILES string of the molecule is CCNC(=O)C1(NC(=O)C=Cc2ccc(S(=O)(=O)Nc3ccccc3Cl)cc2)CCCCC1. The van der Waals surface area contributed by atoms with Crippen molar-refractivity contribution in [2.45, 2.75) is 49.5 Å². The molecule has 3 rings (SSSR count). The molecule has 1 aliphatic rings. The molecule has 0 bridgehead atoms. The van der Waals surface area contributed by atoms with Crippen molar-refractivity contribution in [1.82, 2.24) is 10.6 Å². The van der Waals surface area contributed by atoms with Crippen molar-refractivity contribution in [2.24, 2.45) is 0 Å². The largest absolute Gasteiger partial charge is 0.354 e. The first-order chi connectivity index (χ1) is 15.8. The van der Waals surface area contributed by atoms with Crippen molar-refractivity contribution in [3.05, 3.63) is 65.2 Å². The normalized spacial score (nSPS) is 15.7. The molecule has 2 aromatic carbocycles. The number of sulfonamides is 1. The van der Waals surface area contributed by atoms with Gasteiger partial charge in [-0.05, 0) is 55.7 Å². The third-order valence-electron chi connectivity index (χ3n) is 5.58. The highest BCUT2D eigenvalue weighted by atomic mass is 35.5. The average Bonchev–Trinajstić information content (AvgIpc) is 2.80. The predicted octanol–water partition coefficient (Wildman–Crippen LogP) is 4.11. The van der Waals surface area contributed by atoms with E-state index < -0.39 is 15.6 Å². The summed E-state index contributed by atoms with van der Waals surface area (Å²) in [5.74, 6) is -0.507. The lowest BCUT2D eigenvalue weighted by molar-refractivity contribution is -0.133. The van der Waals surface area contributed by atoms with Gasteiger partial charge < -0.3 is 10.6 Å². The van der Waals surface area contributed by atoms with Gasteiger partial charge in [0.25, 0.3) is 10.0 Å². The van der Waals surface area contributed by atoms with E-state index in [9.17, 15) is 18.0 Å². The predicted molar refractivity (Wildman–Crippen MR) is 130 cm³/mol. The summed E-state index contributed by atoms with van der Waals surface area (Å²) >= 11 is 6.03. The molecule has 0 spiro atoms. The number of halogens is 1. The van der Waals surface area contributed by atoms with Gasteiger partial charge in [0, 0.05) is 12.6 Å². The number of anilines is 1. The van der Waals surface area contributed by atoms with E-state index >= 15 is 0 Å². The second-order valence-electron chi connectivity index (χ2n) is 7.98. The van der Waals surface area contributed by atoms with Crippen LogP contribution in [0, 0.1) is 0 Å². The molecule has 0 atom stereocenters. The van der Waals surface area contributed by atoms with Crippen molar-refractivity contribution in [3.8, 4) is 0 Å². The van der Waals surface area contributed by atoms with E-state index in [0.29, 0.717) is 35.7 Å². The van der Waals surface area contributed by atoms with E-state index in [1.807, 2.05) is 6.92 Å². The van der Waals surface area contributed by atoms with Crippen LogP contribution in [0.2, 0.25) is 5.02 Å². The highest BCUT2D eigenvalue weighted by molar-refractivity contribution is 7.92. The lowest BCUT2D eigenvalue weighted by Gasteiger charge is -2.36. The number of benzene rings is 2. The molecule has 2 amide bonds. The lowest BCUT2D eigenvalue weighted by Crippen LogP contribution is -2.59. The molecular formula is C24H28ClN3O4S. The third-order valence-corrected chi connectivity index (χ3v) is 7.29. The van der Waals surface area contributed by atoms with Gasteiger partial charge in [-0.3, -0.25) is 14.3 Å². The summed E-state index contributed by atoms with van der Waals surface area (Å²) in [5.41, 5.74) is 0.0685. The fourth-order valence-corrected chi connectivity index (χ4v) is 5.17. The number of hydrogen-bond donors (Lipinski definition) is 3. The standard InChI is InChI=1S/C24H28ClN3O4S/c1-2-26-23(30)24(16-6-3-7-17-24)27-22(29)15-12-18-10-13-19(14-11-18)33(31,32)28-21-9-5-4-8-20(21)25/h4-5,8-15,28H,2-3,6-7,16-17H2,1H3,(H,26,30)(H,27,29). The van der Waals surface area contributed by atoms with Crippen molar-refractivity contribution < 1.29 is 18.0 Å². The Hall–Kier alpha value is -2.84. The highest BCUT2D eigenvalue weighted by Crippen LogP contribution is 2.29. The minimum atomic E-state index is -3.81. The van der Waals surface area contributed by atoms with E-state index in [0.717, 1.165) is 19.3 Å². The van der Waals surface area contributed by atoms with Crippen LogP contribution < -0.4 is 15.4 Å². The molecule has 7 nitrogen and oxygen atoms in total. The zero-order valence-corrected chi connectivity index (χ0v) is 20.0. The Morgan fingerprint density at radius 2 is 1.70 bits per heavy atom. The first-order valence-electron chi connectivity index (χ1n) is 10.9. The van der Waals surface area contributed by atoms with Gasteiger partial charge in [-0.15, -0.1) is 0 Å². The first kappa shape index (κ1) is 24.8. The Morgan fingerprint density at radius 1 is 1.03 bits per heavy atom. The van der Waals surface area contributed by atoms with Gasteiger partial charge in [-0.25, -0.2) is 8.42 Å². The molecule has 0 radical (unpaired) electrons. The zero-order chi connectivity index (χ0) is 23.9. The maximum absolute atomic E-state index is 12.6. The Balaban J connectivity index is 1.67. The molecule has 0 saturated heterocycles. The van der Waals surface area contributed by atoms with E-state index in [1.165, 1.54) is 18.2 Å². The molecule has 2 aromatic rings. The fraction of sp³-hybridized carbons (Fsp3) is 0.333. The van der Waals surface area contributed by atoms with Crippen LogP contribution in [0.1, 0.15) is 44.6 Å². The summed E-state index contributed by atoms with van der Waals surface area (Å²) in [6.45, 7) is 2.36. The Bertz CT molecular complexity index is 1120. The smallest absolute Gasteiger partial charge is 0.261 e. The van der Waals surface area contributed by atoms with E-state index in [4.69, 9.17) is 11.6 Å². The lowest BCUT2D eigenvalue weighted by atomic mass is 9.80. The third kappa shape index (κ3) is 6.36. The number of rotatable bonds is 8. The molecule has 9 heteroatoms. The Kier molecular flexibility index (Phi) is 8.15. The number of carbonyl (C=O) groups excluding carboxylic acids is 2. The molecule has 1 aliphatic carbocycles. The topological polar surface area (TPSA) is 104 Å². The fourth-order valence-electron chi connectivity index (χ4n) is 3.85. The number of amides is 2. The van der Waals surface area contributed by atoms with Crippen LogP contribution in [-0.4, -0.2) is 32.3 Å². The van der Waals surface area contributed by atoms with Gasteiger partial charge in [-0.1, -0.05) is 55.1 Å². The molecule has 1 saturated carbocycles. The molecule has 1 fully saturated rings. The molecule has 0 aromatic heterocycles. The summed E-state index contributed by atoms with van der Waals surface area (Å²) < 4.78 is 27.7. The van der Waals surface area contributed by atoms with Gasteiger partial charge in [0.15, 0.2) is 0 Å². The molecular weight excluding hydrogens is 462 g/mol. The number of nitrogens with one attached hydrogen (secondary N) is 3. The summed E-state index contributed by atoms with van der Waals surface area (Å²) in [6.07, 6.45) is 7.00. The number of hydrogen-bond acceptors (Lipinski definition) is 4. The van der Waals surface area contributed by atoms with Crippen molar-refractivity contribution in [2.75, 3.05) is 11.3 Å². The maximum Gasteiger partial charge on any atom is 0.261 e. The Morgan fingerprint density at radius 3 is 2.33 bits per heavy atom. The van der Waals surface area contributed by atoms with Crippen LogP contribution in [0.4, 0.5) is 5.69 Å². The number of carbonyl (C=O) groups is 2. The van der Waals surface area contributed by atoms with Crippen molar-refractivity contribution in [1.29, 1.82) is 0 Å². The van der Waals surface area contributed by atoms with Crippen LogP contribution in [-0.2, 0) is 19.6 Å². The quantitative estimate of drug-likeness (QED) is 0.485. The van der Waals surface area contributed by atoms with Gasteiger partial charge in [-0.2, -0.15) is 0 Å². The summed E-state index contributed by atoms with van der Waals surface area (Å²) in [5, 5.41) is 6.03. The van der Waals surface area contributed by atoms with Gasteiger partial charge in [0.1, 0.15) is 5.54 Å². The minimum absolute atomic E-state index is 0.0708. The molecule has 0 unspecified atom stereocenters. The highest BCUT2D eigenvalue weighted by Gasteiger charge is 2.40. The second kappa shape index (κ2) is 10.9. The van der Waals surface area contributed by atoms with E-state index in [2.05, 4.69) is 15.4 Å². The summed E-state index contributed by atoms with van der Waals surface area (Å²) in [7, 11) is -3.81. The molecule has 3 N–H and O–H groups in total. The van der Waals surface area contributed by atoms with Crippen LogP contribution in [0.15, 0.2) is 59.5 Å². The van der Waals surface area contributed by atoms with Gasteiger partial charge in [0.2, 0.25) is 11.8 Å². The van der Waals surface area contributed by atoms with E-state index in [1.54, 1.807) is 42.5 Å². The van der Waals surface area contributed by atoms with Gasteiger partial charge in [0.05, 0.1) is 15.6 Å². The summed E-state index contributed by atoms with van der Waals surface area (Å²) in [6, 6.07) is 12.7. The zero-order valence-electron chi connectivity index (χ0n) is 18.4. The van der Waals surface area contributed by atoms with Crippen molar-refractivity contribution in [3.63, 3.8) is 0 Å². The van der Waals surface area contributed by atoms with Crippen LogP contribution >= 0.6 is 11.6 Å². The molecule has 0 heterocycles. The number of likely N-dealkylation sites (N-methyl/N-ethyl adjacent to an activating group) is 1. The Labute approximate surface area is 199 Å². The summed E-state index contributed by atoms with van der Waals surface area (Å²) in [4.78, 5) is 25.2. The minimum Gasteiger partial charge on any atom is -0.354 e. The maximum atomic E-state index is 12.6. The van der Waals surface area contributed by atoms with E-state index in [-0.39, 0.29) is 16.7 Å². The molecule has 33 heavy (non-hydrogen) atoms. The first-order valence-corrected chi connectivity index (χ1v) is 12.8. The monoisotopic (exact) mass is 489 g/mol. The van der Waals surface area contributed by atoms with Gasteiger partial charge >= 0.3 is 0 Å². The average molecular weight is 490 g/mol. The van der Waals surface area contributed by atoms with Crippen LogP contribution in [0.5, 0.6) is 0 Å². The molecule has 176 valence electrons. The second-order valence-corrected chi connectivity index (χ2v) is 10.1. The van der Waals surface area contributed by atoms with Crippen LogP contribution in [0.3, 0.4) is 0 Å². The number of para-hydroxylation sites is 1. The molecule has 0 aliphatic heterocycles.